The molecule has 0 spiro atoms. The largest absolute Gasteiger partial charge is 0.454 e. The molecule has 45 heavy (non-hydrogen) atoms. The maximum absolute atomic E-state index is 12.2. The Morgan fingerprint density at radius 1 is 0.978 bits per heavy atom. The average Bonchev–Trinajstić information content (AvgIpc) is 3.32. The van der Waals surface area contributed by atoms with Crippen LogP contribution in [0.4, 0.5) is 0 Å². The fourth-order valence-corrected chi connectivity index (χ4v) is 6.46. The number of hydrogen-bond acceptors (Lipinski definition) is 6. The summed E-state index contributed by atoms with van der Waals surface area (Å²) >= 11 is 0. The molecule has 0 aliphatic carbocycles. The van der Waals surface area contributed by atoms with Gasteiger partial charge in [-0.15, -0.1) is 6.42 Å². The van der Waals surface area contributed by atoms with Crippen LogP contribution in [0.1, 0.15) is 56.7 Å². The number of carbonyl (C=O) groups is 1. The number of ether oxygens (including phenoxy) is 4. The molecule has 1 N–H and O–H groups in total. The molecule has 3 aromatic rings. The fraction of sp³-hybridized carbons (Fsp3) is 0.359. The van der Waals surface area contributed by atoms with Gasteiger partial charge in [-0.05, 0) is 43.0 Å². The maximum atomic E-state index is 12.2. The molecule has 1 saturated heterocycles. The Morgan fingerprint density at radius 2 is 1.53 bits per heavy atom. The number of hydrogen-bond donors (Lipinski definition) is 1. The van der Waals surface area contributed by atoms with Gasteiger partial charge >= 0.3 is 5.97 Å². The molecular formula is C39H42O6. The molecule has 234 valence electrons. The Morgan fingerprint density at radius 3 is 2.04 bits per heavy atom. The molecule has 0 amide bonds. The molecule has 2 aliphatic rings. The minimum atomic E-state index is -1.04. The topological polar surface area (TPSA) is 74.2 Å². The van der Waals surface area contributed by atoms with Crippen molar-refractivity contribution in [3.8, 4) is 12.3 Å². The van der Waals surface area contributed by atoms with Crippen molar-refractivity contribution in [2.75, 3.05) is 6.61 Å². The van der Waals surface area contributed by atoms with Crippen molar-refractivity contribution in [2.24, 2.45) is 5.92 Å². The van der Waals surface area contributed by atoms with Crippen LogP contribution in [0.5, 0.6) is 0 Å². The van der Waals surface area contributed by atoms with E-state index in [1.165, 1.54) is 6.08 Å². The summed E-state index contributed by atoms with van der Waals surface area (Å²) in [5.41, 5.74) is 1.00. The van der Waals surface area contributed by atoms with E-state index in [0.717, 1.165) is 23.1 Å². The predicted octanol–water partition coefficient (Wildman–Crippen LogP) is 6.72. The smallest absolute Gasteiger partial charge is 0.331 e. The van der Waals surface area contributed by atoms with E-state index >= 15 is 0 Å². The normalized spacial score (nSPS) is 25.1. The molecule has 1 fully saturated rings. The molecule has 0 aromatic heterocycles. The van der Waals surface area contributed by atoms with Gasteiger partial charge in [0.15, 0.2) is 5.79 Å². The monoisotopic (exact) mass is 606 g/mol. The van der Waals surface area contributed by atoms with Crippen LogP contribution in [0.15, 0.2) is 115 Å². The van der Waals surface area contributed by atoms with Crippen molar-refractivity contribution in [3.05, 3.63) is 132 Å². The zero-order valence-corrected chi connectivity index (χ0v) is 26.2. The van der Waals surface area contributed by atoms with Gasteiger partial charge in [0.25, 0.3) is 0 Å². The third kappa shape index (κ3) is 7.13. The summed E-state index contributed by atoms with van der Waals surface area (Å²) in [4.78, 5) is 12.2. The Kier molecular flexibility index (Phi) is 10.1. The van der Waals surface area contributed by atoms with E-state index in [1.807, 2.05) is 86.7 Å². The lowest BCUT2D eigenvalue weighted by Crippen LogP contribution is -2.43. The number of benzene rings is 3. The molecule has 3 aromatic carbocycles. The molecule has 0 saturated carbocycles. The van der Waals surface area contributed by atoms with Crippen LogP contribution in [-0.2, 0) is 29.3 Å². The van der Waals surface area contributed by atoms with E-state index in [1.54, 1.807) is 0 Å². The number of aliphatic hydroxyl groups is 1. The first-order valence-electron chi connectivity index (χ1n) is 15.6. The zero-order valence-electron chi connectivity index (χ0n) is 26.2. The molecule has 2 aliphatic heterocycles. The minimum absolute atomic E-state index is 0.0271. The van der Waals surface area contributed by atoms with Crippen LogP contribution in [0.3, 0.4) is 0 Å². The summed E-state index contributed by atoms with van der Waals surface area (Å²) < 4.78 is 25.9. The van der Waals surface area contributed by atoms with E-state index < -0.39 is 35.3 Å². The predicted molar refractivity (Wildman–Crippen MR) is 174 cm³/mol. The van der Waals surface area contributed by atoms with Crippen LogP contribution in [0.25, 0.3) is 0 Å². The van der Waals surface area contributed by atoms with Crippen LogP contribution < -0.4 is 0 Å². The standard InChI is InChI=1S/C39H42O6/c1-5-29-22-23-36(41)43-34(29)24-25-38(35(28-33(40)6-2)44-37(3,4)45-38)26-27-42-39(30-16-10-7-11-17-30,31-18-12-8-13-19-31)32-20-14-9-15-21-32/h2,7-25,29,33-35,40H,5,26-28H2,1,3-4H3/t29-,33+,34-,35+,38-/m0/s1. The van der Waals surface area contributed by atoms with Crippen LogP contribution >= 0.6 is 0 Å². The minimum Gasteiger partial charge on any atom is -0.454 e. The van der Waals surface area contributed by atoms with E-state index in [4.69, 9.17) is 25.4 Å². The Hall–Kier alpha value is -3.99. The highest BCUT2D eigenvalue weighted by Crippen LogP contribution is 2.45. The second-order valence-electron chi connectivity index (χ2n) is 12.1. The van der Waals surface area contributed by atoms with Crippen LogP contribution in [-0.4, -0.2) is 47.4 Å². The first-order chi connectivity index (χ1) is 21.7. The summed E-state index contributed by atoms with van der Waals surface area (Å²) in [7, 11) is 0. The third-order valence-corrected chi connectivity index (χ3v) is 8.58. The van der Waals surface area contributed by atoms with Crippen LogP contribution in [0, 0.1) is 18.3 Å². The molecule has 5 atom stereocenters. The van der Waals surface area contributed by atoms with E-state index in [9.17, 15) is 9.90 Å². The van der Waals surface area contributed by atoms with Gasteiger partial charge in [0.1, 0.15) is 23.4 Å². The number of carbonyl (C=O) groups excluding carboxylic acids is 1. The van der Waals surface area contributed by atoms with Gasteiger partial charge in [-0.2, -0.15) is 0 Å². The lowest BCUT2D eigenvalue weighted by Gasteiger charge is -2.38. The Labute approximate surface area is 266 Å². The van der Waals surface area contributed by atoms with Gasteiger partial charge in [0, 0.05) is 24.8 Å². The average molecular weight is 607 g/mol. The first kappa shape index (κ1) is 32.4. The molecular weight excluding hydrogens is 564 g/mol. The van der Waals surface area contributed by atoms with Gasteiger partial charge in [-0.1, -0.05) is 116 Å². The summed E-state index contributed by atoms with van der Waals surface area (Å²) in [5.74, 6) is 1.10. The number of cyclic esters (lactones) is 1. The number of rotatable bonds is 12. The third-order valence-electron chi connectivity index (χ3n) is 8.58. The maximum Gasteiger partial charge on any atom is 0.331 e. The van der Waals surface area contributed by atoms with Gasteiger partial charge < -0.3 is 24.1 Å². The van der Waals surface area contributed by atoms with Crippen LogP contribution in [0.2, 0.25) is 0 Å². The summed E-state index contributed by atoms with van der Waals surface area (Å²) in [6.45, 7) is 6.00. The Bertz CT molecular complexity index is 1410. The number of esters is 1. The summed E-state index contributed by atoms with van der Waals surface area (Å²) in [6.07, 6.45) is 12.0. The van der Waals surface area contributed by atoms with Crippen molar-refractivity contribution in [1.29, 1.82) is 0 Å². The van der Waals surface area contributed by atoms with Crippen molar-refractivity contribution < 1.29 is 28.8 Å². The number of terminal acetylenes is 1. The molecule has 0 unspecified atom stereocenters. The number of aliphatic hydroxyl groups excluding tert-OH is 1. The van der Waals surface area contributed by atoms with E-state index in [-0.39, 0.29) is 24.9 Å². The SMILES string of the molecule is C#C[C@@H](O)C[C@H]1OC(C)(C)O[C@@]1(C=C[C@@H]1OC(=O)C=C[C@@H]1CC)CCOC(c1ccccc1)(c1ccccc1)c1ccccc1. The highest BCUT2D eigenvalue weighted by molar-refractivity contribution is 5.83. The van der Waals surface area contributed by atoms with Gasteiger partial charge in [0.05, 0.1) is 12.7 Å². The molecule has 2 heterocycles. The highest BCUT2D eigenvalue weighted by Gasteiger charge is 2.52. The molecule has 0 bridgehead atoms. The summed E-state index contributed by atoms with van der Waals surface area (Å²) in [6, 6.07) is 30.5. The summed E-state index contributed by atoms with van der Waals surface area (Å²) in [5, 5.41) is 10.5. The lowest BCUT2D eigenvalue weighted by atomic mass is 9.80. The second-order valence-corrected chi connectivity index (χ2v) is 12.1. The van der Waals surface area contributed by atoms with Crippen molar-refractivity contribution in [3.63, 3.8) is 0 Å². The molecule has 5 rings (SSSR count). The van der Waals surface area contributed by atoms with Crippen molar-refractivity contribution in [2.45, 2.75) is 75.3 Å². The van der Waals surface area contributed by atoms with Gasteiger partial charge in [0.2, 0.25) is 0 Å². The van der Waals surface area contributed by atoms with Gasteiger partial charge in [-0.3, -0.25) is 0 Å². The van der Waals surface area contributed by atoms with E-state index in [0.29, 0.717) is 6.42 Å². The molecule has 0 radical (unpaired) electrons. The highest BCUT2D eigenvalue weighted by atomic mass is 16.8. The Balaban J connectivity index is 1.55. The van der Waals surface area contributed by atoms with Crippen molar-refractivity contribution in [1.82, 2.24) is 0 Å². The zero-order chi connectivity index (χ0) is 31.9. The van der Waals surface area contributed by atoms with Gasteiger partial charge in [-0.25, -0.2) is 4.79 Å². The van der Waals surface area contributed by atoms with Crippen molar-refractivity contribution >= 4 is 5.97 Å². The lowest BCUT2D eigenvalue weighted by molar-refractivity contribution is -0.160. The second kappa shape index (κ2) is 14.0. The molecule has 6 nitrogen and oxygen atoms in total. The first-order valence-corrected chi connectivity index (χ1v) is 15.6. The quantitative estimate of drug-likeness (QED) is 0.107. The fourth-order valence-electron chi connectivity index (χ4n) is 6.46. The van der Waals surface area contributed by atoms with E-state index in [2.05, 4.69) is 49.2 Å². The molecule has 6 heteroatoms.